The van der Waals surface area contributed by atoms with Gasteiger partial charge in [0.1, 0.15) is 12.2 Å². The zero-order valence-corrected chi connectivity index (χ0v) is 13.5. The predicted octanol–water partition coefficient (Wildman–Crippen LogP) is 2.11. The Morgan fingerprint density at radius 2 is 2.08 bits per heavy atom. The number of carbonyl (C=O) groups excluding carboxylic acids is 3. The first-order valence-corrected chi connectivity index (χ1v) is 7.56. The van der Waals surface area contributed by atoms with Crippen LogP contribution in [0.2, 0.25) is 0 Å². The van der Waals surface area contributed by atoms with Crippen LogP contribution in [0.5, 0.6) is 0 Å². The molecule has 0 bridgehead atoms. The molecule has 1 aromatic heterocycles. The number of cyclic esters (lactones) is 1. The van der Waals surface area contributed by atoms with E-state index < -0.39 is 24.6 Å². The van der Waals surface area contributed by atoms with Gasteiger partial charge in [-0.1, -0.05) is 12.1 Å². The van der Waals surface area contributed by atoms with E-state index >= 15 is 0 Å². The van der Waals surface area contributed by atoms with Crippen molar-refractivity contribution in [3.63, 3.8) is 0 Å². The van der Waals surface area contributed by atoms with Crippen molar-refractivity contribution in [2.45, 2.75) is 20.3 Å². The average Bonchev–Trinajstić information content (AvgIpc) is 3.15. The van der Waals surface area contributed by atoms with Gasteiger partial charge in [0.05, 0.1) is 19.2 Å². The highest BCUT2D eigenvalue weighted by Crippen LogP contribution is 2.26. The lowest BCUT2D eigenvalue weighted by atomic mass is 10.0. The minimum atomic E-state index is -0.706. The van der Waals surface area contributed by atoms with Crippen LogP contribution >= 0.6 is 0 Å². The molecule has 126 valence electrons. The first kappa shape index (κ1) is 16.0. The summed E-state index contributed by atoms with van der Waals surface area (Å²) in [5, 5.41) is 0.851. The van der Waals surface area contributed by atoms with Crippen LogP contribution in [0.3, 0.4) is 0 Å². The molecule has 2 heterocycles. The zero-order chi connectivity index (χ0) is 17.3. The number of aryl methyl sites for hydroxylation is 2. The van der Waals surface area contributed by atoms with Crippen molar-refractivity contribution >= 4 is 28.9 Å². The molecule has 0 aliphatic carbocycles. The summed E-state index contributed by atoms with van der Waals surface area (Å²) in [7, 11) is 0. The molecule has 7 nitrogen and oxygen atoms in total. The van der Waals surface area contributed by atoms with Gasteiger partial charge in [-0.15, -0.1) is 0 Å². The summed E-state index contributed by atoms with van der Waals surface area (Å²) in [5.41, 5.74) is 3.57. The average molecular weight is 331 g/mol. The van der Waals surface area contributed by atoms with E-state index in [-0.39, 0.29) is 19.6 Å². The Kier molecular flexibility index (Phi) is 4.24. The zero-order valence-electron chi connectivity index (χ0n) is 13.5. The number of hydrogen-bond acceptors (Lipinski definition) is 6. The summed E-state index contributed by atoms with van der Waals surface area (Å²) in [6.45, 7) is 3.80. The minimum absolute atomic E-state index is 0.00672. The van der Waals surface area contributed by atoms with Gasteiger partial charge in [0.2, 0.25) is 0 Å². The monoisotopic (exact) mass is 331 g/mol. The fourth-order valence-electron chi connectivity index (χ4n) is 2.57. The van der Waals surface area contributed by atoms with E-state index in [0.29, 0.717) is 5.56 Å². The Balaban J connectivity index is 1.62. The van der Waals surface area contributed by atoms with E-state index in [1.807, 2.05) is 26.0 Å². The molecule has 2 amide bonds. The van der Waals surface area contributed by atoms with Gasteiger partial charge in [-0.05, 0) is 25.0 Å². The van der Waals surface area contributed by atoms with Crippen molar-refractivity contribution in [2.24, 2.45) is 0 Å². The molecule has 1 fully saturated rings. The van der Waals surface area contributed by atoms with Crippen LogP contribution < -0.4 is 0 Å². The van der Waals surface area contributed by atoms with Crippen molar-refractivity contribution in [3.8, 4) is 0 Å². The predicted molar refractivity (Wildman–Crippen MR) is 83.4 cm³/mol. The highest BCUT2D eigenvalue weighted by Gasteiger charge is 2.29. The maximum atomic E-state index is 12.0. The highest BCUT2D eigenvalue weighted by molar-refractivity contribution is 5.94. The first-order valence-electron chi connectivity index (χ1n) is 7.56. The Morgan fingerprint density at radius 1 is 1.29 bits per heavy atom. The Hall–Kier alpha value is -2.83. The molecule has 1 aliphatic rings. The molecule has 0 N–H and O–H groups in total. The molecule has 1 aliphatic heterocycles. The topological polar surface area (TPSA) is 86.0 Å². The minimum Gasteiger partial charge on any atom is -0.464 e. The van der Waals surface area contributed by atoms with Crippen LogP contribution in [0.4, 0.5) is 4.79 Å². The number of esters is 1. The third-order valence-corrected chi connectivity index (χ3v) is 4.10. The quantitative estimate of drug-likeness (QED) is 0.798. The lowest BCUT2D eigenvalue weighted by Gasteiger charge is -2.10. The molecule has 24 heavy (non-hydrogen) atoms. The number of amides is 2. The fraction of sp³-hybridized carbons (Fsp3) is 0.353. The van der Waals surface area contributed by atoms with Crippen molar-refractivity contribution < 1.29 is 28.3 Å². The maximum Gasteiger partial charge on any atom is 0.416 e. The molecule has 3 rings (SSSR count). The molecule has 0 spiro atoms. The summed E-state index contributed by atoms with van der Waals surface area (Å²) in [6, 6.07) is 3.86. The van der Waals surface area contributed by atoms with Gasteiger partial charge in [0, 0.05) is 10.9 Å². The fourth-order valence-corrected chi connectivity index (χ4v) is 2.57. The van der Waals surface area contributed by atoms with E-state index in [9.17, 15) is 14.4 Å². The van der Waals surface area contributed by atoms with Crippen LogP contribution in [0, 0.1) is 13.8 Å². The molecular weight excluding hydrogens is 314 g/mol. The van der Waals surface area contributed by atoms with E-state index in [1.165, 1.54) is 6.26 Å². The van der Waals surface area contributed by atoms with Crippen molar-refractivity contribution in [2.75, 3.05) is 19.8 Å². The second kappa shape index (κ2) is 6.35. The van der Waals surface area contributed by atoms with Crippen LogP contribution in [0.25, 0.3) is 11.0 Å². The van der Waals surface area contributed by atoms with Gasteiger partial charge in [-0.2, -0.15) is 0 Å². The number of nitrogens with zero attached hydrogens (tertiary/aromatic N) is 1. The first-order chi connectivity index (χ1) is 11.5. The van der Waals surface area contributed by atoms with E-state index in [1.54, 1.807) is 0 Å². The van der Waals surface area contributed by atoms with Gasteiger partial charge in [-0.3, -0.25) is 9.59 Å². The van der Waals surface area contributed by atoms with Gasteiger partial charge >= 0.3 is 12.1 Å². The molecule has 0 saturated carbocycles. The van der Waals surface area contributed by atoms with E-state index in [0.717, 1.165) is 27.0 Å². The smallest absolute Gasteiger partial charge is 0.416 e. The molecular formula is C17H17NO6. The Bertz CT molecular complexity index is 822. The van der Waals surface area contributed by atoms with Crippen LogP contribution in [0.1, 0.15) is 16.7 Å². The molecule has 0 atom stereocenters. The normalized spacial score (nSPS) is 14.1. The second-order valence-corrected chi connectivity index (χ2v) is 5.64. The van der Waals surface area contributed by atoms with Gasteiger partial charge in [-0.25, -0.2) is 9.69 Å². The largest absolute Gasteiger partial charge is 0.464 e. The lowest BCUT2D eigenvalue weighted by molar-refractivity contribution is -0.150. The summed E-state index contributed by atoms with van der Waals surface area (Å²) < 4.78 is 15.2. The maximum absolute atomic E-state index is 12.0. The second-order valence-electron chi connectivity index (χ2n) is 5.64. The van der Waals surface area contributed by atoms with Crippen LogP contribution in [0.15, 0.2) is 22.8 Å². The number of carbonyl (C=O) groups is 3. The highest BCUT2D eigenvalue weighted by atomic mass is 16.6. The number of ether oxygens (including phenoxy) is 2. The lowest BCUT2D eigenvalue weighted by Crippen LogP contribution is -2.35. The standard InChI is InChI=1S/C17H17NO6/c1-10-3-4-13-12(8-24-16(13)11(10)2)7-15(20)23-9-14(19)18-5-6-22-17(18)21/h3-4,8H,5-7,9H2,1-2H3. The third-order valence-electron chi connectivity index (χ3n) is 4.10. The van der Waals surface area contributed by atoms with Gasteiger partial charge in [0.15, 0.2) is 6.61 Å². The van der Waals surface area contributed by atoms with Crippen molar-refractivity contribution in [3.05, 3.63) is 35.1 Å². The van der Waals surface area contributed by atoms with Gasteiger partial charge < -0.3 is 13.9 Å². The SMILES string of the molecule is Cc1ccc2c(CC(=O)OCC(=O)N3CCOC3=O)coc2c1C. The number of imide groups is 1. The molecule has 1 aromatic carbocycles. The van der Waals surface area contributed by atoms with Gasteiger partial charge in [0.25, 0.3) is 5.91 Å². The summed E-state index contributed by atoms with van der Waals surface area (Å²) in [4.78, 5) is 35.9. The summed E-state index contributed by atoms with van der Waals surface area (Å²) in [5.74, 6) is -1.15. The van der Waals surface area contributed by atoms with E-state index in [2.05, 4.69) is 4.74 Å². The number of rotatable bonds is 4. The molecule has 0 unspecified atom stereocenters. The van der Waals surface area contributed by atoms with Crippen molar-refractivity contribution in [1.29, 1.82) is 0 Å². The molecule has 7 heteroatoms. The van der Waals surface area contributed by atoms with E-state index in [4.69, 9.17) is 9.15 Å². The Labute approximate surface area is 138 Å². The number of benzene rings is 1. The number of fused-ring (bicyclic) bond motifs is 1. The number of furan rings is 1. The molecule has 2 aromatic rings. The molecule has 0 radical (unpaired) electrons. The van der Waals surface area contributed by atoms with Crippen molar-refractivity contribution in [1.82, 2.24) is 4.90 Å². The van der Waals surface area contributed by atoms with Crippen LogP contribution in [-0.4, -0.2) is 42.6 Å². The number of hydrogen-bond donors (Lipinski definition) is 0. The summed E-state index contributed by atoms with van der Waals surface area (Å²) in [6.07, 6.45) is 0.813. The summed E-state index contributed by atoms with van der Waals surface area (Å²) >= 11 is 0. The Morgan fingerprint density at radius 3 is 2.79 bits per heavy atom. The molecule has 1 saturated heterocycles. The van der Waals surface area contributed by atoms with Crippen LogP contribution in [-0.2, 0) is 25.5 Å². The third kappa shape index (κ3) is 2.97.